The minimum absolute atomic E-state index is 0.124. The fourth-order valence-corrected chi connectivity index (χ4v) is 4.08. The number of carbonyl (C=O) groups excluding carboxylic acids is 1. The number of hydrogen-bond acceptors (Lipinski definition) is 6. The molecule has 3 aromatic heterocycles. The number of nitrogens with one attached hydrogen (secondary N) is 1. The van der Waals surface area contributed by atoms with Crippen LogP contribution in [0, 0.1) is 20.8 Å². The van der Waals surface area contributed by atoms with Crippen LogP contribution in [-0.4, -0.2) is 47.1 Å². The highest BCUT2D eigenvalue weighted by molar-refractivity contribution is 6.07. The van der Waals surface area contributed by atoms with Gasteiger partial charge in [-0.25, -0.2) is 4.98 Å². The van der Waals surface area contributed by atoms with E-state index in [9.17, 15) is 4.79 Å². The van der Waals surface area contributed by atoms with Crippen LogP contribution in [0.1, 0.15) is 53.3 Å². The Labute approximate surface area is 170 Å². The zero-order valence-electron chi connectivity index (χ0n) is 17.4. The van der Waals surface area contributed by atoms with Crippen LogP contribution in [0.25, 0.3) is 22.4 Å². The number of pyridine rings is 1. The van der Waals surface area contributed by atoms with Crippen LogP contribution in [0.4, 0.5) is 0 Å². The predicted octanol–water partition coefficient (Wildman–Crippen LogP) is 4.01. The fourth-order valence-electron chi connectivity index (χ4n) is 4.08. The number of aryl methyl sites for hydroxylation is 3. The van der Waals surface area contributed by atoms with Gasteiger partial charge in [0.1, 0.15) is 11.5 Å². The smallest absolute Gasteiger partial charge is 0.259 e. The van der Waals surface area contributed by atoms with E-state index in [1.54, 1.807) is 0 Å². The van der Waals surface area contributed by atoms with Gasteiger partial charge in [0.15, 0.2) is 0 Å². The van der Waals surface area contributed by atoms with Gasteiger partial charge in [-0.2, -0.15) is 0 Å². The molecule has 0 aromatic carbocycles. The highest BCUT2D eigenvalue weighted by Gasteiger charge is 2.21. The third-order valence-electron chi connectivity index (χ3n) is 5.56. The molecule has 7 heteroatoms. The number of furan rings is 1. The van der Waals surface area contributed by atoms with E-state index in [0.29, 0.717) is 34.6 Å². The molecule has 1 N–H and O–H groups in total. The van der Waals surface area contributed by atoms with Crippen molar-refractivity contribution in [3.8, 4) is 11.3 Å². The Hall–Kier alpha value is -2.67. The topological polar surface area (TPSA) is 84.4 Å². The van der Waals surface area contributed by atoms with Crippen molar-refractivity contribution >= 4 is 17.0 Å². The first-order chi connectivity index (χ1) is 14.0. The van der Waals surface area contributed by atoms with E-state index in [4.69, 9.17) is 8.94 Å². The first-order valence-corrected chi connectivity index (χ1v) is 10.4. The third-order valence-corrected chi connectivity index (χ3v) is 5.56. The Morgan fingerprint density at radius 1 is 1.17 bits per heavy atom. The molecule has 0 spiro atoms. The molecule has 1 fully saturated rings. The number of rotatable bonds is 6. The number of nitrogens with zero attached hydrogens (tertiary/aromatic N) is 3. The molecule has 1 saturated heterocycles. The summed E-state index contributed by atoms with van der Waals surface area (Å²) >= 11 is 0. The lowest BCUT2D eigenvalue weighted by Crippen LogP contribution is -2.33. The van der Waals surface area contributed by atoms with Gasteiger partial charge in [-0.3, -0.25) is 4.79 Å². The van der Waals surface area contributed by atoms with E-state index in [0.717, 1.165) is 30.0 Å². The van der Waals surface area contributed by atoms with Crippen LogP contribution in [0.5, 0.6) is 0 Å². The van der Waals surface area contributed by atoms with Gasteiger partial charge < -0.3 is 19.2 Å². The van der Waals surface area contributed by atoms with Gasteiger partial charge in [0.05, 0.1) is 22.3 Å². The molecular weight excluding hydrogens is 368 g/mol. The van der Waals surface area contributed by atoms with Crippen molar-refractivity contribution in [2.75, 3.05) is 26.2 Å². The second-order valence-corrected chi connectivity index (χ2v) is 7.84. The molecule has 3 aromatic rings. The maximum absolute atomic E-state index is 13.0. The van der Waals surface area contributed by atoms with Gasteiger partial charge in [0.25, 0.3) is 11.6 Å². The molecule has 4 heterocycles. The van der Waals surface area contributed by atoms with E-state index >= 15 is 0 Å². The quantitative estimate of drug-likeness (QED) is 0.634. The molecule has 0 atom stereocenters. The summed E-state index contributed by atoms with van der Waals surface area (Å²) in [7, 11) is 0. The predicted molar refractivity (Wildman–Crippen MR) is 111 cm³/mol. The van der Waals surface area contributed by atoms with Crippen LogP contribution >= 0.6 is 0 Å². The lowest BCUT2D eigenvalue weighted by Gasteiger charge is -2.26. The first-order valence-electron chi connectivity index (χ1n) is 10.4. The highest BCUT2D eigenvalue weighted by Crippen LogP contribution is 2.30. The summed E-state index contributed by atoms with van der Waals surface area (Å²) in [6.45, 7) is 9.62. The standard InChI is InChI=1S/C22H28N4O3/c1-14-12-17(16(3)28-14)19-13-18(20-15(2)25-29-22(20)24-19)21(27)23-8-7-11-26-9-5-4-6-10-26/h12-13H,4-11H2,1-3H3,(H,23,27). The molecule has 1 aliphatic rings. The molecule has 0 bridgehead atoms. The molecule has 0 saturated carbocycles. The molecule has 29 heavy (non-hydrogen) atoms. The van der Waals surface area contributed by atoms with Crippen molar-refractivity contribution in [3.05, 3.63) is 34.9 Å². The number of hydrogen-bond donors (Lipinski definition) is 1. The van der Waals surface area contributed by atoms with Crippen molar-refractivity contribution in [1.29, 1.82) is 0 Å². The molecule has 7 nitrogen and oxygen atoms in total. The molecule has 154 valence electrons. The van der Waals surface area contributed by atoms with Crippen molar-refractivity contribution < 1.29 is 13.7 Å². The number of fused-ring (bicyclic) bond motifs is 1. The average molecular weight is 396 g/mol. The first kappa shape index (κ1) is 19.6. The van der Waals surface area contributed by atoms with E-state index in [2.05, 4.69) is 20.4 Å². The lowest BCUT2D eigenvalue weighted by molar-refractivity contribution is 0.0952. The molecule has 0 unspecified atom stereocenters. The summed E-state index contributed by atoms with van der Waals surface area (Å²) in [4.78, 5) is 20.0. The van der Waals surface area contributed by atoms with Gasteiger partial charge in [-0.1, -0.05) is 11.6 Å². The van der Waals surface area contributed by atoms with Crippen molar-refractivity contribution in [2.45, 2.75) is 46.5 Å². The summed E-state index contributed by atoms with van der Waals surface area (Å²) in [5.74, 6) is 1.44. The van der Waals surface area contributed by atoms with E-state index in [1.165, 1.54) is 32.4 Å². The van der Waals surface area contributed by atoms with Crippen molar-refractivity contribution in [2.24, 2.45) is 0 Å². The van der Waals surface area contributed by atoms with Gasteiger partial charge in [-0.05, 0) is 71.8 Å². The molecule has 1 amide bonds. The Morgan fingerprint density at radius 2 is 1.97 bits per heavy atom. The monoisotopic (exact) mass is 396 g/mol. The van der Waals surface area contributed by atoms with Gasteiger partial charge in [0, 0.05) is 12.1 Å². The third kappa shape index (κ3) is 4.19. The van der Waals surface area contributed by atoms with Gasteiger partial charge in [-0.15, -0.1) is 0 Å². The number of piperidine rings is 1. The maximum Gasteiger partial charge on any atom is 0.259 e. The van der Waals surface area contributed by atoms with E-state index < -0.39 is 0 Å². The van der Waals surface area contributed by atoms with Crippen LogP contribution in [-0.2, 0) is 0 Å². The second-order valence-electron chi connectivity index (χ2n) is 7.84. The van der Waals surface area contributed by atoms with Gasteiger partial charge >= 0.3 is 0 Å². The molecule has 0 aliphatic carbocycles. The summed E-state index contributed by atoms with van der Waals surface area (Å²) < 4.78 is 11.0. The zero-order valence-corrected chi connectivity index (χ0v) is 17.4. The van der Waals surface area contributed by atoms with Crippen LogP contribution in [0.15, 0.2) is 21.1 Å². The molecule has 1 aliphatic heterocycles. The van der Waals surface area contributed by atoms with E-state index in [1.807, 2.05) is 32.9 Å². The normalized spacial score (nSPS) is 15.1. The SMILES string of the molecule is Cc1cc(-c2cc(C(=O)NCCCN3CCCCC3)c3c(C)noc3n2)c(C)o1. The number of carbonyl (C=O) groups is 1. The fraction of sp³-hybridized carbons (Fsp3) is 0.500. The second kappa shape index (κ2) is 8.37. The average Bonchev–Trinajstić information content (AvgIpc) is 3.26. The van der Waals surface area contributed by atoms with Crippen molar-refractivity contribution in [3.63, 3.8) is 0 Å². The van der Waals surface area contributed by atoms with Crippen LogP contribution in [0.2, 0.25) is 0 Å². The van der Waals surface area contributed by atoms with Crippen LogP contribution in [0.3, 0.4) is 0 Å². The van der Waals surface area contributed by atoms with E-state index in [-0.39, 0.29) is 5.91 Å². The molecule has 4 rings (SSSR count). The number of likely N-dealkylation sites (tertiary alicyclic amines) is 1. The highest BCUT2D eigenvalue weighted by atomic mass is 16.5. The lowest BCUT2D eigenvalue weighted by atomic mass is 10.1. The Kier molecular flexibility index (Phi) is 5.67. The Balaban J connectivity index is 1.52. The molecule has 0 radical (unpaired) electrons. The zero-order chi connectivity index (χ0) is 20.4. The summed E-state index contributed by atoms with van der Waals surface area (Å²) in [6.07, 6.45) is 4.84. The largest absolute Gasteiger partial charge is 0.466 e. The number of aromatic nitrogens is 2. The summed E-state index contributed by atoms with van der Waals surface area (Å²) in [5.41, 5.74) is 3.09. The summed E-state index contributed by atoms with van der Waals surface area (Å²) in [6, 6.07) is 3.73. The number of amides is 1. The van der Waals surface area contributed by atoms with Crippen LogP contribution < -0.4 is 5.32 Å². The van der Waals surface area contributed by atoms with Crippen molar-refractivity contribution in [1.82, 2.24) is 20.4 Å². The minimum Gasteiger partial charge on any atom is -0.466 e. The minimum atomic E-state index is -0.124. The molecular formula is C22H28N4O3. The maximum atomic E-state index is 13.0. The summed E-state index contributed by atoms with van der Waals surface area (Å²) in [5, 5.41) is 7.74. The van der Waals surface area contributed by atoms with Gasteiger partial charge in [0.2, 0.25) is 0 Å². The Morgan fingerprint density at radius 3 is 2.69 bits per heavy atom. The Bertz CT molecular complexity index is 1010.